The number of aromatic nitrogens is 1. The molecule has 8 heteroatoms. The highest BCUT2D eigenvalue weighted by Crippen LogP contribution is 2.37. The van der Waals surface area contributed by atoms with Crippen LogP contribution >= 0.6 is 0 Å². The zero-order valence-electron chi connectivity index (χ0n) is 23.8. The lowest BCUT2D eigenvalue weighted by atomic mass is 9.94. The molecule has 2 N–H and O–H groups in total. The van der Waals surface area contributed by atoms with E-state index in [-0.39, 0.29) is 24.3 Å². The molecule has 2 amide bonds. The summed E-state index contributed by atoms with van der Waals surface area (Å²) in [6, 6.07) is 19.6. The van der Waals surface area contributed by atoms with Crippen molar-refractivity contribution < 1.29 is 23.8 Å². The second-order valence-electron chi connectivity index (χ2n) is 10.4. The van der Waals surface area contributed by atoms with Crippen LogP contribution in [0.5, 0.6) is 17.2 Å². The first-order chi connectivity index (χ1) is 20.0. The molecule has 4 aromatic rings. The molecule has 0 saturated heterocycles. The number of para-hydroxylation sites is 1. The average Bonchev–Trinajstić information content (AvgIpc) is 3.42. The van der Waals surface area contributed by atoms with Gasteiger partial charge >= 0.3 is 0 Å². The molecule has 1 aliphatic rings. The van der Waals surface area contributed by atoms with Gasteiger partial charge in [0.25, 0.3) is 0 Å². The highest BCUT2D eigenvalue weighted by molar-refractivity contribution is 6.03. The van der Waals surface area contributed by atoms with Gasteiger partial charge in [0, 0.05) is 34.9 Å². The van der Waals surface area contributed by atoms with Crippen LogP contribution in [0.1, 0.15) is 49.3 Å². The molecular formula is C33H37N3O5. The van der Waals surface area contributed by atoms with E-state index < -0.39 is 6.04 Å². The minimum Gasteiger partial charge on any atom is -0.497 e. The maximum absolute atomic E-state index is 14.4. The molecule has 1 heterocycles. The van der Waals surface area contributed by atoms with Crippen molar-refractivity contribution in [2.45, 2.75) is 50.6 Å². The molecular weight excluding hydrogens is 518 g/mol. The molecule has 8 nitrogen and oxygen atoms in total. The smallest absolute Gasteiger partial charge is 0.248 e. The summed E-state index contributed by atoms with van der Waals surface area (Å²) >= 11 is 0. The first-order valence-electron chi connectivity index (χ1n) is 14.1. The quantitative estimate of drug-likeness (QED) is 0.252. The van der Waals surface area contributed by atoms with Gasteiger partial charge in [-0.15, -0.1) is 0 Å². The summed E-state index contributed by atoms with van der Waals surface area (Å²) in [7, 11) is 4.72. The first kappa shape index (κ1) is 28.1. The summed E-state index contributed by atoms with van der Waals surface area (Å²) in [6.07, 6.45) is 7.16. The van der Waals surface area contributed by atoms with Gasteiger partial charge in [0.2, 0.25) is 11.8 Å². The maximum atomic E-state index is 14.4. The minimum absolute atomic E-state index is 0.0768. The number of hydrogen-bond donors (Lipinski definition) is 2. The number of anilines is 1. The van der Waals surface area contributed by atoms with E-state index in [0.717, 1.165) is 42.1 Å². The van der Waals surface area contributed by atoms with E-state index in [4.69, 9.17) is 14.2 Å². The van der Waals surface area contributed by atoms with Gasteiger partial charge in [0.15, 0.2) is 11.5 Å². The summed E-state index contributed by atoms with van der Waals surface area (Å²) in [6.45, 7) is 0. The van der Waals surface area contributed by atoms with E-state index in [1.807, 2.05) is 54.7 Å². The Morgan fingerprint density at radius 3 is 2.34 bits per heavy atom. The van der Waals surface area contributed by atoms with Gasteiger partial charge in [-0.1, -0.05) is 49.6 Å². The van der Waals surface area contributed by atoms with Crippen LogP contribution < -0.4 is 24.4 Å². The van der Waals surface area contributed by atoms with Crippen LogP contribution in [0.2, 0.25) is 0 Å². The number of H-pyrrole nitrogens is 1. The molecule has 0 bridgehead atoms. The van der Waals surface area contributed by atoms with Crippen LogP contribution in [-0.2, 0) is 16.0 Å². The predicted molar refractivity (Wildman–Crippen MR) is 160 cm³/mol. The van der Waals surface area contributed by atoms with Gasteiger partial charge in [0.05, 0.1) is 27.8 Å². The molecule has 1 aliphatic carbocycles. The van der Waals surface area contributed by atoms with Crippen LogP contribution in [0.25, 0.3) is 10.9 Å². The van der Waals surface area contributed by atoms with E-state index in [0.29, 0.717) is 28.5 Å². The van der Waals surface area contributed by atoms with E-state index in [9.17, 15) is 9.59 Å². The Balaban J connectivity index is 1.60. The van der Waals surface area contributed by atoms with Crippen molar-refractivity contribution >= 4 is 28.4 Å². The molecule has 1 saturated carbocycles. The van der Waals surface area contributed by atoms with Crippen molar-refractivity contribution in [3.63, 3.8) is 0 Å². The number of rotatable bonds is 10. The summed E-state index contributed by atoms with van der Waals surface area (Å²) < 4.78 is 16.4. The van der Waals surface area contributed by atoms with E-state index in [2.05, 4.69) is 10.3 Å². The number of benzene rings is 3. The number of methoxy groups -OCH3 is 3. The normalized spacial score (nSPS) is 14.3. The number of ether oxygens (including phenoxy) is 3. The Hall–Kier alpha value is -4.46. The Morgan fingerprint density at radius 2 is 1.63 bits per heavy atom. The second kappa shape index (κ2) is 12.8. The standard InChI is InChI=1S/C33H37N3O5/c1-39-26-16-13-22(14-17-26)32(33(38)35-24-9-5-4-6-10-24)36(25-15-18-29(40-2)30(20-25)41-3)31(37)19-23-21-34-28-12-8-7-11-27(23)28/h7-8,11-18,20-21,24,32,34H,4-6,9-10,19H2,1-3H3,(H,35,38)/t32-/m1/s1. The zero-order valence-corrected chi connectivity index (χ0v) is 23.8. The van der Waals surface area contributed by atoms with Crippen molar-refractivity contribution in [3.8, 4) is 17.2 Å². The third-order valence-electron chi connectivity index (χ3n) is 7.82. The number of amides is 2. The largest absolute Gasteiger partial charge is 0.497 e. The molecule has 214 valence electrons. The Bertz CT molecular complexity index is 1490. The SMILES string of the molecule is COc1ccc([C@H](C(=O)NC2CCCCC2)N(C(=O)Cc2c[nH]c3ccccc23)c2ccc(OC)c(OC)c2)cc1. The monoisotopic (exact) mass is 555 g/mol. The van der Waals surface area contributed by atoms with Crippen LogP contribution in [0.3, 0.4) is 0 Å². The van der Waals surface area contributed by atoms with Crippen molar-refractivity contribution in [2.24, 2.45) is 0 Å². The highest BCUT2D eigenvalue weighted by atomic mass is 16.5. The third-order valence-corrected chi connectivity index (χ3v) is 7.82. The van der Waals surface area contributed by atoms with E-state index >= 15 is 0 Å². The van der Waals surface area contributed by atoms with Gasteiger partial charge in [-0.05, 0) is 54.3 Å². The fourth-order valence-electron chi connectivity index (χ4n) is 5.67. The number of carbonyl (C=O) groups is 2. The molecule has 0 unspecified atom stereocenters. The number of nitrogens with zero attached hydrogens (tertiary/aromatic N) is 1. The molecule has 41 heavy (non-hydrogen) atoms. The molecule has 3 aromatic carbocycles. The fraction of sp³-hybridized carbons (Fsp3) is 0.333. The predicted octanol–water partition coefficient (Wildman–Crippen LogP) is 5.96. The molecule has 5 rings (SSSR count). The van der Waals surface area contributed by atoms with Gasteiger partial charge in [-0.3, -0.25) is 14.5 Å². The fourth-order valence-corrected chi connectivity index (χ4v) is 5.67. The Kier molecular flexibility index (Phi) is 8.77. The molecule has 1 atom stereocenters. The van der Waals surface area contributed by atoms with Crippen molar-refractivity contribution in [2.75, 3.05) is 26.2 Å². The molecule has 1 fully saturated rings. The maximum Gasteiger partial charge on any atom is 0.248 e. The van der Waals surface area contributed by atoms with Crippen molar-refractivity contribution in [3.05, 3.63) is 84.1 Å². The van der Waals surface area contributed by atoms with Crippen molar-refractivity contribution in [1.82, 2.24) is 10.3 Å². The van der Waals surface area contributed by atoms with E-state index in [1.165, 1.54) is 6.42 Å². The van der Waals surface area contributed by atoms with Crippen molar-refractivity contribution in [1.29, 1.82) is 0 Å². The lowest BCUT2D eigenvalue weighted by Gasteiger charge is -2.34. The Morgan fingerprint density at radius 1 is 0.902 bits per heavy atom. The van der Waals surface area contributed by atoms with Gasteiger partial charge < -0.3 is 24.5 Å². The molecule has 0 spiro atoms. The summed E-state index contributed by atoms with van der Waals surface area (Å²) in [5.74, 6) is 1.23. The number of hydrogen-bond acceptors (Lipinski definition) is 5. The number of carbonyl (C=O) groups excluding carboxylic acids is 2. The molecule has 0 aliphatic heterocycles. The highest BCUT2D eigenvalue weighted by Gasteiger charge is 2.35. The number of aromatic amines is 1. The third kappa shape index (κ3) is 6.16. The van der Waals surface area contributed by atoms with E-state index in [1.54, 1.807) is 44.4 Å². The van der Waals surface area contributed by atoms with Gasteiger partial charge in [0.1, 0.15) is 11.8 Å². The first-order valence-corrected chi connectivity index (χ1v) is 14.1. The minimum atomic E-state index is -0.918. The second-order valence-corrected chi connectivity index (χ2v) is 10.4. The van der Waals surface area contributed by atoms with Crippen LogP contribution in [0, 0.1) is 0 Å². The summed E-state index contributed by atoms with van der Waals surface area (Å²) in [5, 5.41) is 4.24. The molecule has 1 aromatic heterocycles. The number of fused-ring (bicyclic) bond motifs is 1. The molecule has 0 radical (unpaired) electrons. The zero-order chi connectivity index (χ0) is 28.8. The number of nitrogens with one attached hydrogen (secondary N) is 2. The summed E-state index contributed by atoms with van der Waals surface area (Å²) in [5.41, 5.74) is 3.03. The Labute approximate surface area is 240 Å². The van der Waals surface area contributed by atoms with Gasteiger partial charge in [-0.2, -0.15) is 0 Å². The van der Waals surface area contributed by atoms with Gasteiger partial charge in [-0.25, -0.2) is 0 Å². The lowest BCUT2D eigenvalue weighted by Crippen LogP contribution is -2.47. The topological polar surface area (TPSA) is 92.9 Å². The van der Waals surface area contributed by atoms with Crippen LogP contribution in [0.15, 0.2) is 72.9 Å². The average molecular weight is 556 g/mol. The van der Waals surface area contributed by atoms with Crippen LogP contribution in [0.4, 0.5) is 5.69 Å². The summed E-state index contributed by atoms with van der Waals surface area (Å²) in [4.78, 5) is 33.4. The lowest BCUT2D eigenvalue weighted by molar-refractivity contribution is -0.127. The van der Waals surface area contributed by atoms with Crippen LogP contribution in [-0.4, -0.2) is 44.2 Å².